The molecule has 1 aliphatic carbocycles. The molecule has 0 fully saturated rings. The zero-order valence-corrected chi connectivity index (χ0v) is 14.0. The number of hydrogen-bond acceptors (Lipinski definition) is 0. The predicted molar refractivity (Wildman–Crippen MR) is 89.4 cm³/mol. The highest BCUT2D eigenvalue weighted by atomic mass is 19.2. The van der Waals surface area contributed by atoms with Gasteiger partial charge in [-0.25, -0.2) is 22.0 Å². The third-order valence-electron chi connectivity index (χ3n) is 5.09. The molecule has 0 aromatic heterocycles. The van der Waals surface area contributed by atoms with Crippen LogP contribution in [-0.4, -0.2) is 0 Å². The summed E-state index contributed by atoms with van der Waals surface area (Å²) >= 11 is 0. The van der Waals surface area contributed by atoms with Gasteiger partial charge in [-0.3, -0.25) is 0 Å². The summed E-state index contributed by atoms with van der Waals surface area (Å²) in [6.45, 7) is 3.39. The molecular formula is C21H13F5. The van der Waals surface area contributed by atoms with Gasteiger partial charge < -0.3 is 0 Å². The molecule has 0 amide bonds. The lowest BCUT2D eigenvalue weighted by molar-refractivity contribution is 0.381. The molecule has 0 heterocycles. The average molecular weight is 360 g/mol. The number of rotatable bonds is 1. The summed E-state index contributed by atoms with van der Waals surface area (Å²) in [5.74, 6) is -9.59. The Morgan fingerprint density at radius 3 is 1.92 bits per heavy atom. The van der Waals surface area contributed by atoms with E-state index in [-0.39, 0.29) is 5.56 Å². The fourth-order valence-corrected chi connectivity index (χ4v) is 3.68. The Labute approximate surface area is 146 Å². The molecule has 0 bridgehead atoms. The van der Waals surface area contributed by atoms with Gasteiger partial charge in [-0.2, -0.15) is 0 Å². The molecule has 1 aliphatic rings. The average Bonchev–Trinajstić information content (AvgIpc) is 2.99. The topological polar surface area (TPSA) is 0 Å². The van der Waals surface area contributed by atoms with Crippen LogP contribution < -0.4 is 0 Å². The van der Waals surface area contributed by atoms with Gasteiger partial charge >= 0.3 is 0 Å². The first kappa shape index (κ1) is 16.8. The van der Waals surface area contributed by atoms with Gasteiger partial charge in [0.15, 0.2) is 23.3 Å². The van der Waals surface area contributed by atoms with Crippen molar-refractivity contribution in [3.05, 3.63) is 81.7 Å². The van der Waals surface area contributed by atoms with Crippen LogP contribution in [0.3, 0.4) is 0 Å². The second-order valence-electron chi connectivity index (χ2n) is 6.50. The fraction of sp³-hybridized carbons (Fsp3) is 0.143. The molecule has 3 aromatic carbocycles. The Bertz CT molecular complexity index is 1050. The maximum absolute atomic E-state index is 14.5. The smallest absolute Gasteiger partial charge is 0.200 e. The van der Waals surface area contributed by atoms with Gasteiger partial charge in [-0.05, 0) is 59.2 Å². The zero-order chi connectivity index (χ0) is 18.7. The minimum atomic E-state index is -2.14. The minimum absolute atomic E-state index is 0.0870. The summed E-state index contributed by atoms with van der Waals surface area (Å²) in [7, 11) is 0. The number of hydrogen-bond donors (Lipinski definition) is 0. The second kappa shape index (κ2) is 5.66. The molecule has 0 unspecified atom stereocenters. The van der Waals surface area contributed by atoms with Crippen molar-refractivity contribution in [1.82, 2.24) is 0 Å². The van der Waals surface area contributed by atoms with Crippen LogP contribution in [0.4, 0.5) is 22.0 Å². The van der Waals surface area contributed by atoms with Gasteiger partial charge in [-0.15, -0.1) is 0 Å². The molecule has 5 heteroatoms. The van der Waals surface area contributed by atoms with Crippen LogP contribution in [0.15, 0.2) is 30.3 Å². The van der Waals surface area contributed by atoms with Crippen LogP contribution in [0.1, 0.15) is 22.3 Å². The lowest BCUT2D eigenvalue weighted by Crippen LogP contribution is -2.07. The quantitative estimate of drug-likeness (QED) is 0.214. The van der Waals surface area contributed by atoms with Crippen LogP contribution in [0.25, 0.3) is 22.3 Å². The van der Waals surface area contributed by atoms with Gasteiger partial charge in [0.05, 0.1) is 5.56 Å². The Morgan fingerprint density at radius 2 is 1.27 bits per heavy atom. The van der Waals surface area contributed by atoms with Crippen LogP contribution >= 0.6 is 0 Å². The molecule has 3 aromatic rings. The van der Waals surface area contributed by atoms with Crippen LogP contribution in [-0.2, 0) is 6.42 Å². The third-order valence-corrected chi connectivity index (χ3v) is 5.09. The predicted octanol–water partition coefficient (Wildman–Crippen LogP) is 6.24. The van der Waals surface area contributed by atoms with Gasteiger partial charge in [0, 0.05) is 0 Å². The van der Waals surface area contributed by atoms with E-state index in [1.54, 1.807) is 13.8 Å². The lowest BCUT2D eigenvalue weighted by Gasteiger charge is -2.17. The molecule has 26 heavy (non-hydrogen) atoms. The van der Waals surface area contributed by atoms with Crippen LogP contribution in [0.5, 0.6) is 0 Å². The fourth-order valence-electron chi connectivity index (χ4n) is 3.68. The first-order valence-corrected chi connectivity index (χ1v) is 8.06. The summed E-state index contributed by atoms with van der Waals surface area (Å²) in [6, 6.07) is 9.37. The highest BCUT2D eigenvalue weighted by molar-refractivity contribution is 5.87. The van der Waals surface area contributed by atoms with Crippen molar-refractivity contribution in [2.75, 3.05) is 0 Å². The van der Waals surface area contributed by atoms with Gasteiger partial charge in [-0.1, -0.05) is 30.3 Å². The van der Waals surface area contributed by atoms with E-state index < -0.39 is 34.6 Å². The first-order chi connectivity index (χ1) is 12.3. The third kappa shape index (κ3) is 2.13. The Balaban J connectivity index is 2.12. The van der Waals surface area contributed by atoms with E-state index in [0.29, 0.717) is 17.5 Å². The van der Waals surface area contributed by atoms with E-state index in [4.69, 9.17) is 0 Å². The molecule has 0 atom stereocenters. The summed E-state index contributed by atoms with van der Waals surface area (Å²) in [6.07, 6.45) is 0.376. The molecule has 0 N–H and O–H groups in total. The lowest BCUT2D eigenvalue weighted by atomic mass is 9.88. The van der Waals surface area contributed by atoms with Crippen molar-refractivity contribution in [2.24, 2.45) is 0 Å². The normalized spacial score (nSPS) is 12.3. The molecule has 0 aliphatic heterocycles. The number of fused-ring (bicyclic) bond motifs is 3. The van der Waals surface area contributed by atoms with Crippen molar-refractivity contribution in [2.45, 2.75) is 20.3 Å². The molecule has 0 radical (unpaired) electrons. The van der Waals surface area contributed by atoms with Gasteiger partial charge in [0.25, 0.3) is 0 Å². The van der Waals surface area contributed by atoms with Crippen molar-refractivity contribution in [3.8, 4) is 22.3 Å². The second-order valence-corrected chi connectivity index (χ2v) is 6.50. The maximum atomic E-state index is 14.5. The van der Waals surface area contributed by atoms with Gasteiger partial charge in [0.2, 0.25) is 5.82 Å². The van der Waals surface area contributed by atoms with E-state index in [0.717, 1.165) is 22.3 Å². The maximum Gasteiger partial charge on any atom is 0.200 e. The number of benzene rings is 3. The van der Waals surface area contributed by atoms with Crippen LogP contribution in [0, 0.1) is 42.9 Å². The van der Waals surface area contributed by atoms with Crippen molar-refractivity contribution < 1.29 is 22.0 Å². The molecule has 0 saturated carbocycles. The molecule has 4 rings (SSSR count). The SMILES string of the molecule is Cc1cc2c(c(-c3c(F)c(F)c(F)c(F)c3F)c1C)Cc1ccccc1-2. The minimum Gasteiger partial charge on any atom is -0.203 e. The summed E-state index contributed by atoms with van der Waals surface area (Å²) in [5, 5.41) is 0. The van der Waals surface area contributed by atoms with Gasteiger partial charge in [0.1, 0.15) is 0 Å². The zero-order valence-electron chi connectivity index (χ0n) is 14.0. The van der Waals surface area contributed by atoms with Crippen molar-refractivity contribution in [1.29, 1.82) is 0 Å². The van der Waals surface area contributed by atoms with Crippen molar-refractivity contribution >= 4 is 0 Å². The van der Waals surface area contributed by atoms with E-state index in [9.17, 15) is 22.0 Å². The van der Waals surface area contributed by atoms with E-state index in [2.05, 4.69) is 0 Å². The first-order valence-electron chi connectivity index (χ1n) is 8.06. The summed E-state index contributed by atoms with van der Waals surface area (Å²) in [5.41, 5.74) is 3.67. The molecule has 0 spiro atoms. The Morgan fingerprint density at radius 1 is 0.692 bits per heavy atom. The highest BCUT2D eigenvalue weighted by Crippen LogP contribution is 2.46. The largest absolute Gasteiger partial charge is 0.203 e. The molecule has 0 nitrogen and oxygen atoms in total. The highest BCUT2D eigenvalue weighted by Gasteiger charge is 2.31. The molecule has 0 saturated heterocycles. The van der Waals surface area contributed by atoms with Crippen LogP contribution in [0.2, 0.25) is 0 Å². The standard InChI is InChI=1S/C21H13F5/c1-9-7-13-12-6-4-3-5-11(12)8-14(13)15(10(9)2)16-17(22)19(24)21(26)20(25)18(16)23/h3-7H,8H2,1-2H3. The van der Waals surface area contributed by atoms with E-state index in [1.807, 2.05) is 30.3 Å². The Hall–Kier alpha value is -2.69. The molecule has 132 valence electrons. The summed E-state index contributed by atoms with van der Waals surface area (Å²) < 4.78 is 70.0. The van der Waals surface area contributed by atoms with E-state index in [1.165, 1.54) is 0 Å². The number of aryl methyl sites for hydroxylation is 1. The summed E-state index contributed by atoms with van der Waals surface area (Å²) in [4.78, 5) is 0. The Kier molecular flexibility index (Phi) is 3.65. The monoisotopic (exact) mass is 360 g/mol. The number of halogens is 5. The van der Waals surface area contributed by atoms with Crippen molar-refractivity contribution in [3.63, 3.8) is 0 Å². The van der Waals surface area contributed by atoms with E-state index >= 15 is 0 Å². The molecular weight excluding hydrogens is 347 g/mol.